The van der Waals surface area contributed by atoms with E-state index in [4.69, 9.17) is 18.8 Å². The summed E-state index contributed by atoms with van der Waals surface area (Å²) in [6.45, 7) is 0. The van der Waals surface area contributed by atoms with Gasteiger partial charge in [-0.15, -0.1) is 0 Å². The molecule has 0 aromatic heterocycles. The normalized spacial score (nSPS) is 2.44. The monoisotopic (exact) mass is 365 g/mol. The molecule has 72 valence electrons. The molecule has 0 saturated carbocycles. The van der Waals surface area contributed by atoms with E-state index in [-0.39, 0.29) is 35.6 Å². The van der Waals surface area contributed by atoms with Gasteiger partial charge in [-0.05, 0) is 0 Å². The summed E-state index contributed by atoms with van der Waals surface area (Å²) in [4.78, 5) is 0. The third kappa shape index (κ3) is 422. The Morgan fingerprint density at radius 1 is 0.667 bits per heavy atom. The standard InChI is InChI=1S/2ClH.4H2N.2H2O.Pt/h2*1H;6*1H2;/q;;4*-1;;;+2/p-2. The van der Waals surface area contributed by atoms with Crippen LogP contribution in [0.5, 0.6) is 0 Å². The van der Waals surface area contributed by atoms with Crippen molar-refractivity contribution >= 4 is 18.8 Å². The molecular weight excluding hydrogens is 354 g/mol. The van der Waals surface area contributed by atoms with Crippen LogP contribution < -0.4 is 0 Å². The summed E-state index contributed by atoms with van der Waals surface area (Å²) >= 11 is -0.472. The molecule has 0 heterocycles. The predicted molar refractivity (Wildman–Crippen MR) is 40.1 cm³/mol. The SMILES string of the molecule is O.O.[Cl][Pt][Cl].[NH2-].[NH2-].[NH2-].[NH2-]. The van der Waals surface area contributed by atoms with Crippen molar-refractivity contribution in [1.82, 2.24) is 0 Å². The van der Waals surface area contributed by atoms with Crippen molar-refractivity contribution in [2.45, 2.75) is 0 Å². The molecule has 0 bridgehead atoms. The molecule has 0 aliphatic rings. The van der Waals surface area contributed by atoms with Gasteiger partial charge < -0.3 is 35.6 Å². The van der Waals surface area contributed by atoms with E-state index in [1.54, 1.807) is 0 Å². The Bertz CT molecular complexity index is 16.5. The summed E-state index contributed by atoms with van der Waals surface area (Å²) in [7, 11) is 9.75. The number of hydrogen-bond acceptors (Lipinski definition) is 0. The van der Waals surface area contributed by atoms with Gasteiger partial charge in [0.25, 0.3) is 0 Å². The van der Waals surface area contributed by atoms with Gasteiger partial charge in [-0.2, -0.15) is 0 Å². The van der Waals surface area contributed by atoms with Crippen molar-refractivity contribution in [1.29, 1.82) is 0 Å². The van der Waals surface area contributed by atoms with Crippen LogP contribution in [0.1, 0.15) is 0 Å². The van der Waals surface area contributed by atoms with Crippen LogP contribution in [-0.4, -0.2) is 11.0 Å². The second kappa shape index (κ2) is 141. The van der Waals surface area contributed by atoms with Crippen LogP contribution >= 0.6 is 18.8 Å². The molecule has 0 radical (unpaired) electrons. The van der Waals surface area contributed by atoms with Crippen molar-refractivity contribution in [3.63, 3.8) is 0 Å². The van der Waals surface area contributed by atoms with Gasteiger partial charge in [-0.1, -0.05) is 0 Å². The first-order chi connectivity index (χ1) is 1.41. The van der Waals surface area contributed by atoms with Gasteiger partial charge in [0.2, 0.25) is 0 Å². The van der Waals surface area contributed by atoms with E-state index in [1.165, 1.54) is 0 Å². The average molecular weight is 366 g/mol. The van der Waals surface area contributed by atoms with Crippen LogP contribution in [0.4, 0.5) is 0 Å². The molecule has 0 aliphatic carbocycles. The molecule has 12 N–H and O–H groups in total. The van der Waals surface area contributed by atoms with Crippen LogP contribution in [0.2, 0.25) is 0 Å². The smallest absolute Gasteiger partial charge is 0.693 e. The van der Waals surface area contributed by atoms with Gasteiger partial charge in [0, 0.05) is 0 Å². The summed E-state index contributed by atoms with van der Waals surface area (Å²) in [6.07, 6.45) is 0. The molecule has 0 aromatic carbocycles. The van der Waals surface area contributed by atoms with E-state index in [2.05, 4.69) is 0 Å². The molecule has 0 spiro atoms. The van der Waals surface area contributed by atoms with E-state index in [0.717, 1.165) is 0 Å². The number of rotatable bonds is 0. The third-order valence-corrected chi connectivity index (χ3v) is 0. The Hall–Kier alpha value is 1.03. The Morgan fingerprint density at radius 3 is 0.667 bits per heavy atom. The van der Waals surface area contributed by atoms with E-state index in [9.17, 15) is 0 Å². The fourth-order valence-corrected chi connectivity index (χ4v) is 0. The molecule has 0 amide bonds. The molecule has 0 aromatic rings. The van der Waals surface area contributed by atoms with E-state index in [0.29, 0.717) is 0 Å². The second-order valence-corrected chi connectivity index (χ2v) is 3.33. The van der Waals surface area contributed by atoms with E-state index >= 15 is 0 Å². The minimum Gasteiger partial charge on any atom is -0.693 e. The van der Waals surface area contributed by atoms with Crippen LogP contribution in [-0.2, 0) is 16.5 Å². The zero-order valence-corrected chi connectivity index (χ0v) is 8.17. The van der Waals surface area contributed by atoms with Gasteiger partial charge in [0.1, 0.15) is 0 Å². The van der Waals surface area contributed by atoms with Crippen LogP contribution in [0, 0.1) is 0 Å². The fraction of sp³-hybridized carbons (Fsp3) is 0. The fourth-order valence-electron chi connectivity index (χ4n) is 0. The topological polar surface area (TPSA) is 197 Å². The van der Waals surface area contributed by atoms with Crippen molar-refractivity contribution in [3.05, 3.63) is 24.6 Å². The van der Waals surface area contributed by atoms with Crippen molar-refractivity contribution in [2.24, 2.45) is 0 Å². The zero-order valence-electron chi connectivity index (χ0n) is 4.38. The first-order valence-corrected chi connectivity index (χ1v) is 5.87. The second-order valence-electron chi connectivity index (χ2n) is 0.0452. The maximum absolute atomic E-state index is 4.88. The Kier molecular flexibility index (Phi) is 1400. The molecule has 0 aliphatic heterocycles. The molecule has 0 rings (SSSR count). The number of hydrogen-bond donors (Lipinski definition) is 0. The van der Waals surface area contributed by atoms with Gasteiger partial charge in [0.15, 0.2) is 0 Å². The van der Waals surface area contributed by atoms with E-state index in [1.807, 2.05) is 0 Å². The van der Waals surface area contributed by atoms with E-state index < -0.39 is 16.5 Å². The zero-order chi connectivity index (χ0) is 2.71. The minimum absolute atomic E-state index is 0. The van der Waals surface area contributed by atoms with Crippen LogP contribution in [0.15, 0.2) is 0 Å². The van der Waals surface area contributed by atoms with Crippen molar-refractivity contribution in [2.75, 3.05) is 0 Å². The first kappa shape index (κ1) is 89.1. The molecule has 9 heteroatoms. The molecule has 6 nitrogen and oxygen atoms in total. The largest absolute Gasteiger partial charge is 0.693 e. The van der Waals surface area contributed by atoms with Gasteiger partial charge in [-0.3, -0.25) is 0 Å². The minimum atomic E-state index is -0.472. The molecule has 0 saturated heterocycles. The quantitative estimate of drug-likeness (QED) is 0.607. The first-order valence-electron chi connectivity index (χ1n) is 0.239. The van der Waals surface area contributed by atoms with Gasteiger partial charge in [-0.25, -0.2) is 0 Å². The Morgan fingerprint density at radius 2 is 0.667 bits per heavy atom. The summed E-state index contributed by atoms with van der Waals surface area (Å²) in [6, 6.07) is 0. The molecule has 0 fully saturated rings. The third-order valence-electron chi connectivity index (χ3n) is 0. The maximum Gasteiger partial charge on any atom is -0.693 e. The van der Waals surface area contributed by atoms with Crippen molar-refractivity contribution in [3.8, 4) is 0 Å². The summed E-state index contributed by atoms with van der Waals surface area (Å²) in [5.74, 6) is 0. The van der Waals surface area contributed by atoms with Gasteiger partial charge in [0.05, 0.1) is 0 Å². The summed E-state index contributed by atoms with van der Waals surface area (Å²) < 4.78 is 0. The molecule has 0 unspecified atom stereocenters. The van der Waals surface area contributed by atoms with Crippen LogP contribution in [0.25, 0.3) is 24.6 Å². The molecule has 0 atom stereocenters. The molecule has 9 heavy (non-hydrogen) atoms. The number of nitrogens with two attached hydrogens (primary N) is 4. The molecular formula is H12Cl2N4O2Pt-4. The Balaban J connectivity index is -0.00000000133. The Labute approximate surface area is 71.0 Å². The summed E-state index contributed by atoms with van der Waals surface area (Å²) in [5, 5.41) is 0. The summed E-state index contributed by atoms with van der Waals surface area (Å²) in [5.41, 5.74) is 0. The van der Waals surface area contributed by atoms with Crippen LogP contribution in [0.3, 0.4) is 0 Å². The maximum atomic E-state index is 4.88. The van der Waals surface area contributed by atoms with Crippen molar-refractivity contribution < 1.29 is 27.4 Å². The predicted octanol–water partition coefficient (Wildman–Crippen LogP) is 2.60. The average Bonchev–Trinajstić information content (AvgIpc) is 0.918. The number of halogens is 2. The van der Waals surface area contributed by atoms with Gasteiger partial charge >= 0.3 is 35.3 Å².